The van der Waals surface area contributed by atoms with E-state index in [9.17, 15) is 14.9 Å². The summed E-state index contributed by atoms with van der Waals surface area (Å²) in [6, 6.07) is 4.40. The van der Waals surface area contributed by atoms with Crippen LogP contribution in [0.15, 0.2) is 18.2 Å². The van der Waals surface area contributed by atoms with Gasteiger partial charge in [0, 0.05) is 30.6 Å². The number of rotatable bonds is 5. The molecule has 0 unspecified atom stereocenters. The molecule has 1 saturated heterocycles. The van der Waals surface area contributed by atoms with Gasteiger partial charge in [-0.15, -0.1) is 12.4 Å². The number of hydrogen-bond donors (Lipinski definition) is 2. The fourth-order valence-corrected chi connectivity index (χ4v) is 3.20. The number of H-pyrrole nitrogens is 1. The van der Waals surface area contributed by atoms with Crippen molar-refractivity contribution in [1.29, 1.82) is 0 Å². The molecular formula is C16H22ClN5O3. The number of nitrogens with one attached hydrogen (secondary N) is 2. The number of non-ortho nitro benzene ring substituents is 1. The first-order chi connectivity index (χ1) is 11.6. The number of piperidine rings is 1. The molecule has 1 aromatic heterocycles. The van der Waals surface area contributed by atoms with E-state index in [0.717, 1.165) is 25.8 Å². The molecule has 2 heterocycles. The average Bonchev–Trinajstić information content (AvgIpc) is 3.02. The van der Waals surface area contributed by atoms with Gasteiger partial charge in [-0.2, -0.15) is 5.10 Å². The first-order valence-corrected chi connectivity index (χ1v) is 8.16. The summed E-state index contributed by atoms with van der Waals surface area (Å²) in [5.41, 5.74) is 0.860. The maximum absolute atomic E-state index is 12.7. The molecule has 0 spiro atoms. The number of carbonyl (C=O) groups excluding carboxylic acids is 1. The molecular weight excluding hydrogens is 346 g/mol. The van der Waals surface area contributed by atoms with Crippen molar-refractivity contribution in [3.05, 3.63) is 34.0 Å². The number of nitro groups is 1. The van der Waals surface area contributed by atoms with Crippen LogP contribution in [0.5, 0.6) is 0 Å². The van der Waals surface area contributed by atoms with Crippen LogP contribution in [0, 0.1) is 16.0 Å². The van der Waals surface area contributed by atoms with Gasteiger partial charge >= 0.3 is 0 Å². The van der Waals surface area contributed by atoms with Crippen LogP contribution in [-0.2, 0) is 0 Å². The molecule has 0 atom stereocenters. The van der Waals surface area contributed by atoms with Crippen molar-refractivity contribution in [2.45, 2.75) is 19.3 Å². The number of likely N-dealkylation sites (tertiary alicyclic amines) is 1. The maximum Gasteiger partial charge on any atom is 0.274 e. The zero-order valence-electron chi connectivity index (χ0n) is 14.0. The van der Waals surface area contributed by atoms with Crippen molar-refractivity contribution < 1.29 is 9.72 Å². The third-order valence-electron chi connectivity index (χ3n) is 4.66. The SMILES string of the molecule is CNCCC1CCN(C(=O)c2n[nH]c3ccc([N+](=O)[O-])cc23)CC1.Cl. The Labute approximate surface area is 151 Å². The summed E-state index contributed by atoms with van der Waals surface area (Å²) >= 11 is 0. The lowest BCUT2D eigenvalue weighted by Crippen LogP contribution is -2.39. The summed E-state index contributed by atoms with van der Waals surface area (Å²) in [6.45, 7) is 2.40. The van der Waals surface area contributed by atoms with Crippen molar-refractivity contribution in [3.8, 4) is 0 Å². The number of carbonyl (C=O) groups is 1. The molecule has 0 saturated carbocycles. The Bertz CT molecular complexity index is 755. The van der Waals surface area contributed by atoms with E-state index in [1.807, 2.05) is 7.05 Å². The molecule has 25 heavy (non-hydrogen) atoms. The molecule has 0 radical (unpaired) electrons. The number of halogens is 1. The lowest BCUT2D eigenvalue weighted by atomic mass is 9.93. The van der Waals surface area contributed by atoms with E-state index in [-0.39, 0.29) is 29.7 Å². The molecule has 1 aromatic carbocycles. The molecule has 1 amide bonds. The first-order valence-electron chi connectivity index (χ1n) is 8.16. The van der Waals surface area contributed by atoms with Gasteiger partial charge in [0.2, 0.25) is 0 Å². The molecule has 1 aliphatic heterocycles. The smallest absolute Gasteiger partial charge is 0.274 e. The predicted octanol–water partition coefficient (Wildman–Crippen LogP) is 2.35. The highest BCUT2D eigenvalue weighted by Crippen LogP contribution is 2.25. The van der Waals surface area contributed by atoms with E-state index in [0.29, 0.717) is 29.9 Å². The zero-order chi connectivity index (χ0) is 17.1. The highest BCUT2D eigenvalue weighted by molar-refractivity contribution is 6.05. The Morgan fingerprint density at radius 3 is 2.80 bits per heavy atom. The van der Waals surface area contributed by atoms with Gasteiger partial charge in [-0.05, 0) is 44.8 Å². The van der Waals surface area contributed by atoms with Crippen molar-refractivity contribution in [2.75, 3.05) is 26.7 Å². The molecule has 136 valence electrons. The number of fused-ring (bicyclic) bond motifs is 1. The highest BCUT2D eigenvalue weighted by Gasteiger charge is 2.26. The van der Waals surface area contributed by atoms with E-state index in [1.165, 1.54) is 12.1 Å². The van der Waals surface area contributed by atoms with Gasteiger partial charge in [-0.3, -0.25) is 20.0 Å². The predicted molar refractivity (Wildman–Crippen MR) is 97.2 cm³/mol. The second-order valence-electron chi connectivity index (χ2n) is 6.19. The number of nitro benzene ring substituents is 1. The fourth-order valence-electron chi connectivity index (χ4n) is 3.20. The van der Waals surface area contributed by atoms with Crippen molar-refractivity contribution >= 4 is 34.9 Å². The van der Waals surface area contributed by atoms with Crippen LogP contribution in [0.4, 0.5) is 5.69 Å². The maximum atomic E-state index is 12.7. The largest absolute Gasteiger partial charge is 0.337 e. The lowest BCUT2D eigenvalue weighted by Gasteiger charge is -2.31. The molecule has 0 bridgehead atoms. The third kappa shape index (κ3) is 4.08. The van der Waals surface area contributed by atoms with Gasteiger partial charge in [0.1, 0.15) is 0 Å². The molecule has 8 nitrogen and oxygen atoms in total. The third-order valence-corrected chi connectivity index (χ3v) is 4.66. The first kappa shape index (κ1) is 19.1. The van der Waals surface area contributed by atoms with Crippen LogP contribution in [0.2, 0.25) is 0 Å². The van der Waals surface area contributed by atoms with E-state index in [2.05, 4.69) is 15.5 Å². The Morgan fingerprint density at radius 2 is 2.16 bits per heavy atom. The minimum Gasteiger partial charge on any atom is -0.337 e. The summed E-state index contributed by atoms with van der Waals surface area (Å²) < 4.78 is 0. The Kier molecular flexibility index (Phi) is 6.33. The minimum absolute atomic E-state index is 0. The van der Waals surface area contributed by atoms with Gasteiger partial charge in [0.25, 0.3) is 11.6 Å². The Balaban J connectivity index is 0.00000225. The highest BCUT2D eigenvalue weighted by atomic mass is 35.5. The summed E-state index contributed by atoms with van der Waals surface area (Å²) in [5.74, 6) is 0.479. The van der Waals surface area contributed by atoms with Gasteiger partial charge < -0.3 is 10.2 Å². The molecule has 0 aliphatic carbocycles. The number of hydrogen-bond acceptors (Lipinski definition) is 5. The number of benzene rings is 1. The monoisotopic (exact) mass is 367 g/mol. The molecule has 9 heteroatoms. The lowest BCUT2D eigenvalue weighted by molar-refractivity contribution is -0.384. The zero-order valence-corrected chi connectivity index (χ0v) is 14.8. The molecule has 2 N–H and O–H groups in total. The summed E-state index contributed by atoms with van der Waals surface area (Å²) in [7, 11) is 1.94. The van der Waals surface area contributed by atoms with Gasteiger partial charge in [0.15, 0.2) is 5.69 Å². The van der Waals surface area contributed by atoms with E-state index >= 15 is 0 Å². The van der Waals surface area contributed by atoms with Crippen LogP contribution in [0.25, 0.3) is 10.9 Å². The van der Waals surface area contributed by atoms with Gasteiger partial charge in [-0.1, -0.05) is 0 Å². The minimum atomic E-state index is -0.464. The number of amides is 1. The second-order valence-corrected chi connectivity index (χ2v) is 6.19. The Hall–Kier alpha value is -2.19. The van der Waals surface area contributed by atoms with Crippen molar-refractivity contribution in [1.82, 2.24) is 20.4 Å². The summed E-state index contributed by atoms with van der Waals surface area (Å²) in [4.78, 5) is 25.0. The van der Waals surface area contributed by atoms with Crippen LogP contribution in [0.1, 0.15) is 29.8 Å². The van der Waals surface area contributed by atoms with Crippen LogP contribution < -0.4 is 5.32 Å². The fraction of sp³-hybridized carbons (Fsp3) is 0.500. The second kappa shape index (κ2) is 8.26. The average molecular weight is 368 g/mol. The number of aromatic nitrogens is 2. The van der Waals surface area contributed by atoms with Crippen molar-refractivity contribution in [3.63, 3.8) is 0 Å². The topological polar surface area (TPSA) is 104 Å². The molecule has 1 fully saturated rings. The molecule has 3 rings (SSSR count). The summed E-state index contributed by atoms with van der Waals surface area (Å²) in [6.07, 6.45) is 3.09. The summed E-state index contributed by atoms with van der Waals surface area (Å²) in [5, 5.41) is 21.5. The van der Waals surface area contributed by atoms with Crippen LogP contribution in [-0.4, -0.2) is 52.6 Å². The normalized spacial score (nSPS) is 15.2. The van der Waals surface area contributed by atoms with Crippen molar-refractivity contribution in [2.24, 2.45) is 5.92 Å². The van der Waals surface area contributed by atoms with Crippen LogP contribution >= 0.6 is 12.4 Å². The van der Waals surface area contributed by atoms with Gasteiger partial charge in [0.05, 0.1) is 10.4 Å². The van der Waals surface area contributed by atoms with E-state index in [4.69, 9.17) is 0 Å². The molecule has 2 aromatic rings. The van der Waals surface area contributed by atoms with Crippen LogP contribution in [0.3, 0.4) is 0 Å². The standard InChI is InChI=1S/C16H21N5O3.ClH/c1-17-7-4-11-5-8-20(9-6-11)16(22)15-13-10-12(21(23)24)2-3-14(13)18-19-15;/h2-3,10-11,17H,4-9H2,1H3,(H,18,19);1H. The van der Waals surface area contributed by atoms with E-state index in [1.54, 1.807) is 11.0 Å². The van der Waals surface area contributed by atoms with Gasteiger partial charge in [-0.25, -0.2) is 0 Å². The van der Waals surface area contributed by atoms with E-state index < -0.39 is 4.92 Å². The Morgan fingerprint density at radius 1 is 1.44 bits per heavy atom. The number of nitrogens with zero attached hydrogens (tertiary/aromatic N) is 3. The number of aromatic amines is 1. The molecule has 1 aliphatic rings. The quantitative estimate of drug-likeness (QED) is 0.623.